The number of carbonyl (C=O) groups is 1. The number of benzene rings is 1. The Morgan fingerprint density at radius 3 is 2.44 bits per heavy atom. The number of rotatable bonds is 6. The van der Waals surface area contributed by atoms with Crippen LogP contribution in [0.1, 0.15) is 77.6 Å². The van der Waals surface area contributed by atoms with Crippen LogP contribution in [0.3, 0.4) is 0 Å². The van der Waals surface area contributed by atoms with Crippen LogP contribution >= 0.6 is 0 Å². The highest BCUT2D eigenvalue weighted by Gasteiger charge is 2.65. The van der Waals surface area contributed by atoms with Crippen molar-refractivity contribution in [3.63, 3.8) is 0 Å². The first-order chi connectivity index (χ1) is 15.8. The second kappa shape index (κ2) is 8.59. The molecule has 1 saturated heterocycles. The van der Waals surface area contributed by atoms with Crippen LogP contribution in [0.5, 0.6) is 5.75 Å². The molecule has 7 nitrogen and oxygen atoms in total. The molecule has 0 spiro atoms. The Labute approximate surface area is 198 Å². The summed E-state index contributed by atoms with van der Waals surface area (Å²) in [5.41, 5.74) is -3.47. The van der Waals surface area contributed by atoms with E-state index in [1.807, 2.05) is 45.9 Å². The lowest BCUT2D eigenvalue weighted by molar-refractivity contribution is -0.231. The lowest BCUT2D eigenvalue weighted by Crippen LogP contribution is -2.62. The number of hydrogen-bond acceptors (Lipinski definition) is 6. The van der Waals surface area contributed by atoms with Crippen LogP contribution in [0, 0.1) is 10.8 Å². The molecule has 9 heteroatoms. The van der Waals surface area contributed by atoms with Crippen molar-refractivity contribution < 1.29 is 27.8 Å². The van der Waals surface area contributed by atoms with Gasteiger partial charge in [-0.2, -0.15) is 8.78 Å². The maximum absolute atomic E-state index is 15.7. The Hall–Kier alpha value is -2.55. The minimum absolute atomic E-state index is 0.0256. The van der Waals surface area contributed by atoms with Crippen LogP contribution in [0.15, 0.2) is 34.7 Å². The number of aromatic nitrogens is 2. The molecule has 0 bridgehead atoms. The number of para-hydroxylation sites is 1. The smallest absolute Gasteiger partial charge is 0.352 e. The standard InChI is InChI=1S/C25H33F2N3O4/c1-22(2)14-23(3,4)16-24(32,15-22)25(26,27)21(31)30-12-8-11-18(30)20-29-28-19(34-20)13-33-17-9-6-5-7-10-17/h5-7,9-10,18,32H,8,11-16H2,1-4H3. The molecule has 1 unspecified atom stereocenters. The number of aliphatic hydroxyl groups is 1. The van der Waals surface area contributed by atoms with Gasteiger partial charge in [0.05, 0.1) is 0 Å². The van der Waals surface area contributed by atoms with Gasteiger partial charge in [0.2, 0.25) is 5.89 Å². The Bertz CT molecular complexity index is 1010. The second-order valence-corrected chi connectivity index (χ2v) is 11.3. The van der Waals surface area contributed by atoms with Crippen molar-refractivity contribution in [2.24, 2.45) is 10.8 Å². The molecule has 34 heavy (non-hydrogen) atoms. The zero-order valence-electron chi connectivity index (χ0n) is 20.2. The summed E-state index contributed by atoms with van der Waals surface area (Å²) in [6.45, 7) is 7.59. The fraction of sp³-hybridized carbons (Fsp3) is 0.640. The van der Waals surface area contributed by atoms with Crippen molar-refractivity contribution in [1.29, 1.82) is 0 Å². The van der Waals surface area contributed by atoms with Crippen LogP contribution in [0.25, 0.3) is 0 Å². The van der Waals surface area contributed by atoms with Crippen LogP contribution in [-0.2, 0) is 11.4 Å². The molecule has 1 amide bonds. The van der Waals surface area contributed by atoms with E-state index in [-0.39, 0.29) is 37.8 Å². The fourth-order valence-corrected chi connectivity index (χ4v) is 6.06. The summed E-state index contributed by atoms with van der Waals surface area (Å²) in [5.74, 6) is -4.40. The normalized spacial score (nSPS) is 23.6. The predicted octanol–water partition coefficient (Wildman–Crippen LogP) is 4.91. The number of ether oxygens (including phenoxy) is 1. The van der Waals surface area contributed by atoms with Crippen LogP contribution in [0.2, 0.25) is 0 Å². The van der Waals surface area contributed by atoms with Gasteiger partial charge in [-0.25, -0.2) is 0 Å². The van der Waals surface area contributed by atoms with Crippen LogP contribution in [0.4, 0.5) is 8.78 Å². The third-order valence-corrected chi connectivity index (χ3v) is 6.74. The molecular formula is C25H33F2N3O4. The minimum atomic E-state index is -3.94. The molecule has 2 fully saturated rings. The first kappa shape index (κ1) is 24.6. The molecule has 4 rings (SSSR count). The first-order valence-corrected chi connectivity index (χ1v) is 11.7. The van der Waals surface area contributed by atoms with E-state index in [9.17, 15) is 9.90 Å². The van der Waals surface area contributed by atoms with Gasteiger partial charge in [-0.1, -0.05) is 45.9 Å². The number of amides is 1. The first-order valence-electron chi connectivity index (χ1n) is 11.7. The van der Waals surface area contributed by atoms with Gasteiger partial charge in [0, 0.05) is 6.54 Å². The van der Waals surface area contributed by atoms with E-state index >= 15 is 8.78 Å². The number of nitrogens with zero attached hydrogens (tertiary/aromatic N) is 3. The van der Waals surface area contributed by atoms with E-state index in [1.54, 1.807) is 12.1 Å². The van der Waals surface area contributed by atoms with E-state index in [2.05, 4.69) is 10.2 Å². The van der Waals surface area contributed by atoms with Crippen LogP contribution in [-0.4, -0.2) is 44.2 Å². The number of carbonyl (C=O) groups excluding carboxylic acids is 1. The van der Waals surface area contributed by atoms with Gasteiger partial charge < -0.3 is 19.2 Å². The van der Waals surface area contributed by atoms with Crippen LogP contribution < -0.4 is 4.74 Å². The summed E-state index contributed by atoms with van der Waals surface area (Å²) >= 11 is 0. The SMILES string of the molecule is CC1(C)CC(C)(C)CC(O)(C(F)(F)C(=O)N2CCCC2c2nnc(COc3ccccc3)o2)C1. The summed E-state index contributed by atoms with van der Waals surface area (Å²) in [7, 11) is 0. The number of halogens is 2. The fourth-order valence-electron chi connectivity index (χ4n) is 6.06. The van der Waals surface area contributed by atoms with Crippen molar-refractivity contribution in [3.8, 4) is 5.75 Å². The van der Waals surface area contributed by atoms with E-state index in [1.165, 1.54) is 0 Å². The van der Waals surface area contributed by atoms with Gasteiger partial charge in [-0.05, 0) is 55.1 Å². The van der Waals surface area contributed by atoms with Gasteiger partial charge in [-0.15, -0.1) is 10.2 Å². The maximum Gasteiger partial charge on any atom is 0.352 e. The molecule has 2 aliphatic rings. The summed E-state index contributed by atoms with van der Waals surface area (Å²) in [4.78, 5) is 14.3. The van der Waals surface area contributed by atoms with Gasteiger partial charge in [0.1, 0.15) is 17.4 Å². The van der Waals surface area contributed by atoms with Crippen molar-refractivity contribution in [2.45, 2.75) is 84.0 Å². The molecule has 1 atom stereocenters. The Kier molecular flexibility index (Phi) is 6.21. The second-order valence-electron chi connectivity index (χ2n) is 11.3. The zero-order valence-corrected chi connectivity index (χ0v) is 20.2. The number of likely N-dealkylation sites (tertiary alicyclic amines) is 1. The van der Waals surface area contributed by atoms with Crippen molar-refractivity contribution in [2.75, 3.05) is 6.54 Å². The molecule has 2 aromatic rings. The van der Waals surface area contributed by atoms with E-state index < -0.39 is 34.3 Å². The maximum atomic E-state index is 15.7. The van der Waals surface area contributed by atoms with Crippen molar-refractivity contribution in [3.05, 3.63) is 42.1 Å². The lowest BCUT2D eigenvalue weighted by atomic mass is 9.58. The Morgan fingerprint density at radius 2 is 1.79 bits per heavy atom. The highest BCUT2D eigenvalue weighted by molar-refractivity contribution is 5.85. The summed E-state index contributed by atoms with van der Waals surface area (Å²) < 4.78 is 42.7. The highest BCUT2D eigenvalue weighted by Crippen LogP contribution is 2.55. The van der Waals surface area contributed by atoms with Gasteiger partial charge >= 0.3 is 5.92 Å². The molecule has 1 aromatic heterocycles. The van der Waals surface area contributed by atoms with Crippen molar-refractivity contribution in [1.82, 2.24) is 15.1 Å². The van der Waals surface area contributed by atoms with Crippen molar-refractivity contribution >= 4 is 5.91 Å². The number of alkyl halides is 2. The molecule has 186 valence electrons. The molecule has 1 saturated carbocycles. The molecule has 1 aliphatic heterocycles. The lowest BCUT2D eigenvalue weighted by Gasteiger charge is -2.51. The molecule has 1 aromatic carbocycles. The van der Waals surface area contributed by atoms with Gasteiger partial charge in [-0.3, -0.25) is 4.79 Å². The third kappa shape index (κ3) is 4.80. The third-order valence-electron chi connectivity index (χ3n) is 6.74. The zero-order chi connectivity index (χ0) is 24.8. The average molecular weight is 478 g/mol. The van der Waals surface area contributed by atoms with E-state index in [0.717, 1.165) is 4.90 Å². The molecule has 2 heterocycles. The number of hydrogen-bond donors (Lipinski definition) is 1. The highest BCUT2D eigenvalue weighted by atomic mass is 19.3. The molecular weight excluding hydrogens is 444 g/mol. The minimum Gasteiger partial charge on any atom is -0.484 e. The largest absolute Gasteiger partial charge is 0.484 e. The monoisotopic (exact) mass is 477 g/mol. The quantitative estimate of drug-likeness (QED) is 0.636. The molecule has 0 radical (unpaired) electrons. The Morgan fingerprint density at radius 1 is 1.15 bits per heavy atom. The van der Waals surface area contributed by atoms with E-state index in [0.29, 0.717) is 25.0 Å². The average Bonchev–Trinajstić information content (AvgIpc) is 3.39. The van der Waals surface area contributed by atoms with E-state index in [4.69, 9.17) is 9.15 Å². The summed E-state index contributed by atoms with van der Waals surface area (Å²) in [6.07, 6.45) is 1.34. The summed E-state index contributed by atoms with van der Waals surface area (Å²) in [6, 6.07) is 8.35. The topological polar surface area (TPSA) is 88.7 Å². The predicted molar refractivity (Wildman–Crippen MR) is 120 cm³/mol. The van der Waals surface area contributed by atoms with Gasteiger partial charge in [0.15, 0.2) is 6.61 Å². The van der Waals surface area contributed by atoms with Gasteiger partial charge in [0.25, 0.3) is 11.8 Å². The summed E-state index contributed by atoms with van der Waals surface area (Å²) in [5, 5.41) is 19.1. The molecule has 1 N–H and O–H groups in total. The Balaban J connectivity index is 1.50. The molecule has 1 aliphatic carbocycles.